The van der Waals surface area contributed by atoms with Gasteiger partial charge in [0, 0.05) is 29.5 Å². The van der Waals surface area contributed by atoms with Crippen LogP contribution in [0.15, 0.2) is 40.0 Å². The number of ether oxygens (including phenoxy) is 1. The summed E-state index contributed by atoms with van der Waals surface area (Å²) in [5, 5.41) is 9.76. The van der Waals surface area contributed by atoms with Crippen LogP contribution in [0.5, 0.6) is 11.5 Å². The summed E-state index contributed by atoms with van der Waals surface area (Å²) in [6.45, 7) is 0.165. The summed E-state index contributed by atoms with van der Waals surface area (Å²) in [6, 6.07) is 4.78. The molecule has 0 aliphatic carbocycles. The molecule has 2 heterocycles. The first-order chi connectivity index (χ1) is 12.3. The minimum atomic E-state index is -0.367. The van der Waals surface area contributed by atoms with Crippen LogP contribution >= 0.6 is 27.7 Å². The summed E-state index contributed by atoms with van der Waals surface area (Å²) < 4.78 is 6.21. The lowest BCUT2D eigenvalue weighted by Crippen LogP contribution is -2.22. The molecular formula is C17H14BrN3O4S. The summed E-state index contributed by atoms with van der Waals surface area (Å²) >= 11 is 4.20. The fourth-order valence-corrected chi connectivity index (χ4v) is 3.48. The van der Waals surface area contributed by atoms with Gasteiger partial charge in [-0.1, -0.05) is 15.9 Å². The first kappa shape index (κ1) is 18.3. The van der Waals surface area contributed by atoms with Crippen molar-refractivity contribution in [2.45, 2.75) is 6.61 Å². The fraction of sp³-hybridized carbons (Fsp3) is 0.118. The lowest BCUT2D eigenvalue weighted by Gasteiger charge is -2.11. The number of amides is 2. The number of imide groups is 1. The second-order valence-corrected chi connectivity index (χ2v) is 7.34. The fourth-order valence-electron chi connectivity index (χ4n) is 2.22. The molecule has 2 aromatic rings. The zero-order valence-electron chi connectivity index (χ0n) is 13.6. The van der Waals surface area contributed by atoms with E-state index in [0.29, 0.717) is 20.6 Å². The highest BCUT2D eigenvalue weighted by atomic mass is 79.9. The minimum absolute atomic E-state index is 0.0607. The zero-order valence-corrected chi connectivity index (χ0v) is 16.0. The molecule has 0 bridgehead atoms. The summed E-state index contributed by atoms with van der Waals surface area (Å²) in [4.78, 5) is 29.0. The predicted octanol–water partition coefficient (Wildman–Crippen LogP) is 3.38. The molecule has 7 nitrogen and oxygen atoms in total. The van der Waals surface area contributed by atoms with Gasteiger partial charge in [-0.25, -0.2) is 0 Å². The maximum absolute atomic E-state index is 12.0. The number of rotatable bonds is 4. The van der Waals surface area contributed by atoms with E-state index in [0.717, 1.165) is 22.2 Å². The zero-order chi connectivity index (χ0) is 18.8. The van der Waals surface area contributed by atoms with Crippen LogP contribution in [0, 0.1) is 0 Å². The van der Waals surface area contributed by atoms with Crippen molar-refractivity contribution in [2.75, 3.05) is 12.8 Å². The number of nitrogens with zero attached hydrogens (tertiary/aromatic N) is 2. The molecule has 2 amide bonds. The summed E-state index contributed by atoms with van der Waals surface area (Å²) in [5.74, 6) is -0.194. The summed E-state index contributed by atoms with van der Waals surface area (Å²) in [5.41, 5.74) is 7.55. The third kappa shape index (κ3) is 3.83. The molecule has 1 aliphatic heterocycles. The molecule has 1 fully saturated rings. The van der Waals surface area contributed by atoms with E-state index in [1.165, 1.54) is 19.3 Å². The van der Waals surface area contributed by atoms with Gasteiger partial charge in [-0.15, -0.1) is 0 Å². The molecule has 3 N–H and O–H groups in total. The van der Waals surface area contributed by atoms with Crippen molar-refractivity contribution in [1.29, 1.82) is 0 Å². The van der Waals surface area contributed by atoms with Crippen molar-refractivity contribution in [2.24, 2.45) is 0 Å². The highest BCUT2D eigenvalue weighted by molar-refractivity contribution is 9.10. The average molecular weight is 436 g/mol. The van der Waals surface area contributed by atoms with Crippen LogP contribution in [-0.2, 0) is 11.4 Å². The van der Waals surface area contributed by atoms with Crippen molar-refractivity contribution >= 4 is 50.6 Å². The third-order valence-electron chi connectivity index (χ3n) is 3.56. The number of pyridine rings is 1. The number of nitrogens with two attached hydrogens (primary N) is 1. The second-order valence-electron chi connectivity index (χ2n) is 5.50. The largest absolute Gasteiger partial charge is 0.504 e. The van der Waals surface area contributed by atoms with E-state index >= 15 is 0 Å². The molecular weight excluding hydrogens is 422 g/mol. The third-order valence-corrected chi connectivity index (χ3v) is 5.21. The number of anilines is 1. The van der Waals surface area contributed by atoms with Gasteiger partial charge < -0.3 is 15.6 Å². The average Bonchev–Trinajstić information content (AvgIpc) is 2.83. The number of halogens is 1. The van der Waals surface area contributed by atoms with Gasteiger partial charge in [0.2, 0.25) is 0 Å². The van der Waals surface area contributed by atoms with E-state index in [1.54, 1.807) is 24.4 Å². The molecule has 1 aliphatic rings. The molecule has 0 atom stereocenters. The number of phenolic OH excluding ortho intramolecular Hbond substituents is 1. The Balaban J connectivity index is 1.85. The number of phenols is 1. The van der Waals surface area contributed by atoms with Crippen LogP contribution in [0.25, 0.3) is 6.08 Å². The molecule has 0 radical (unpaired) electrons. The van der Waals surface area contributed by atoms with Crippen LogP contribution < -0.4 is 10.5 Å². The van der Waals surface area contributed by atoms with E-state index in [4.69, 9.17) is 10.5 Å². The second kappa shape index (κ2) is 7.38. The van der Waals surface area contributed by atoms with E-state index in [1.807, 2.05) is 0 Å². The van der Waals surface area contributed by atoms with Crippen molar-refractivity contribution in [3.63, 3.8) is 0 Å². The monoisotopic (exact) mass is 435 g/mol. The minimum Gasteiger partial charge on any atom is -0.504 e. The molecule has 0 unspecified atom stereocenters. The molecule has 1 aromatic carbocycles. The predicted molar refractivity (Wildman–Crippen MR) is 103 cm³/mol. The van der Waals surface area contributed by atoms with Gasteiger partial charge in [0.15, 0.2) is 11.5 Å². The van der Waals surface area contributed by atoms with Gasteiger partial charge in [0.05, 0.1) is 10.6 Å². The molecule has 26 heavy (non-hydrogen) atoms. The molecule has 134 valence electrons. The molecule has 1 saturated heterocycles. The van der Waals surface area contributed by atoms with Crippen molar-refractivity contribution in [3.05, 3.63) is 51.1 Å². The number of hydrogen-bond acceptors (Lipinski definition) is 7. The number of carbonyl (C=O) groups excluding carboxylic acids is 2. The van der Waals surface area contributed by atoms with E-state index in [9.17, 15) is 14.7 Å². The van der Waals surface area contributed by atoms with Crippen LogP contribution in [0.4, 0.5) is 10.5 Å². The van der Waals surface area contributed by atoms with Gasteiger partial charge >= 0.3 is 0 Å². The Morgan fingerprint density at radius 2 is 2.12 bits per heavy atom. The number of hydrogen-bond donors (Lipinski definition) is 2. The number of aromatic hydroxyl groups is 1. The smallest absolute Gasteiger partial charge is 0.293 e. The topological polar surface area (TPSA) is 106 Å². The summed E-state index contributed by atoms with van der Waals surface area (Å²) in [7, 11) is 1.43. The first-order valence-electron chi connectivity index (χ1n) is 7.41. The lowest BCUT2D eigenvalue weighted by molar-refractivity contribution is -0.121. The summed E-state index contributed by atoms with van der Waals surface area (Å²) in [6.07, 6.45) is 4.72. The van der Waals surface area contributed by atoms with E-state index < -0.39 is 0 Å². The maximum Gasteiger partial charge on any atom is 0.293 e. The number of aromatic nitrogens is 1. The van der Waals surface area contributed by atoms with Gasteiger partial charge in [-0.2, -0.15) is 0 Å². The van der Waals surface area contributed by atoms with Crippen molar-refractivity contribution in [3.8, 4) is 11.5 Å². The van der Waals surface area contributed by atoms with Gasteiger partial charge in [0.25, 0.3) is 11.1 Å². The van der Waals surface area contributed by atoms with Crippen LogP contribution in [0.2, 0.25) is 0 Å². The Morgan fingerprint density at radius 1 is 1.35 bits per heavy atom. The Bertz CT molecular complexity index is 932. The Kier molecular flexibility index (Phi) is 5.19. The standard InChI is InChI=1S/C17H14BrN3O4S/c1-21-16(23)15(26-17(21)24)4-10-3-14(13(22)5-12(10)18)25-8-9-2-11(19)7-20-6-9/h2-7,22H,8,19H2,1H3/b15-4-. The molecule has 0 saturated carbocycles. The van der Waals surface area contributed by atoms with Crippen LogP contribution in [0.1, 0.15) is 11.1 Å². The quantitative estimate of drug-likeness (QED) is 0.708. The normalized spacial score (nSPS) is 15.8. The molecule has 9 heteroatoms. The number of likely N-dealkylation sites (N-methyl/N-ethyl adjacent to an activating group) is 1. The number of nitrogen functional groups attached to an aromatic ring is 1. The van der Waals surface area contributed by atoms with Crippen LogP contribution in [0.3, 0.4) is 0 Å². The van der Waals surface area contributed by atoms with Crippen molar-refractivity contribution in [1.82, 2.24) is 9.88 Å². The Labute approximate surface area is 162 Å². The van der Waals surface area contributed by atoms with E-state index in [2.05, 4.69) is 20.9 Å². The van der Waals surface area contributed by atoms with E-state index in [-0.39, 0.29) is 29.3 Å². The van der Waals surface area contributed by atoms with Gasteiger partial charge in [0.1, 0.15) is 6.61 Å². The highest BCUT2D eigenvalue weighted by Gasteiger charge is 2.32. The SMILES string of the molecule is CN1C(=O)S/C(=C\c2cc(OCc3cncc(N)c3)c(O)cc2Br)C1=O. The van der Waals surface area contributed by atoms with Crippen molar-refractivity contribution < 1.29 is 19.4 Å². The van der Waals surface area contributed by atoms with Crippen LogP contribution in [-0.4, -0.2) is 33.2 Å². The first-order valence-corrected chi connectivity index (χ1v) is 9.02. The number of carbonyl (C=O) groups is 2. The number of thioether (sulfide) groups is 1. The Hall–Kier alpha value is -2.52. The molecule has 0 spiro atoms. The van der Waals surface area contributed by atoms with Gasteiger partial charge in [-0.05, 0) is 41.6 Å². The highest BCUT2D eigenvalue weighted by Crippen LogP contribution is 2.37. The van der Waals surface area contributed by atoms with Gasteiger partial charge in [-0.3, -0.25) is 19.5 Å². The Morgan fingerprint density at radius 3 is 2.77 bits per heavy atom. The maximum atomic E-state index is 12.0. The molecule has 3 rings (SSSR count). The number of benzene rings is 1. The molecule has 1 aromatic heterocycles. The lowest BCUT2D eigenvalue weighted by atomic mass is 10.2.